The fourth-order valence-corrected chi connectivity index (χ4v) is 2.69. The zero-order valence-corrected chi connectivity index (χ0v) is 16.4. The summed E-state index contributed by atoms with van der Waals surface area (Å²) in [7, 11) is 1.52. The summed E-state index contributed by atoms with van der Waals surface area (Å²) in [6, 6.07) is 17.8. The highest BCUT2D eigenvalue weighted by atomic mass is 16.7. The molecule has 0 radical (unpaired) electrons. The van der Waals surface area contributed by atoms with Crippen LogP contribution in [0.15, 0.2) is 73.1 Å². The van der Waals surface area contributed by atoms with Crippen molar-refractivity contribution in [3.05, 3.63) is 84.2 Å². The molecule has 8 nitrogen and oxygen atoms in total. The van der Waals surface area contributed by atoms with Crippen LogP contribution in [0, 0.1) is 0 Å². The van der Waals surface area contributed by atoms with Crippen LogP contribution in [-0.2, 0) is 16.2 Å². The lowest BCUT2D eigenvalue weighted by molar-refractivity contribution is -0.122. The summed E-state index contributed by atoms with van der Waals surface area (Å²) < 4.78 is 5.18. The normalized spacial score (nSPS) is 10.2. The molecule has 1 heterocycles. The number of nitrogens with zero attached hydrogens (tertiary/aromatic N) is 1. The van der Waals surface area contributed by atoms with Crippen molar-refractivity contribution in [1.29, 1.82) is 0 Å². The second-order valence-corrected chi connectivity index (χ2v) is 6.22. The van der Waals surface area contributed by atoms with Gasteiger partial charge in [-0.15, -0.1) is 0 Å². The van der Waals surface area contributed by atoms with Gasteiger partial charge in [0.1, 0.15) is 5.75 Å². The number of pyridine rings is 1. The highest BCUT2D eigenvalue weighted by Gasteiger charge is 2.12. The first-order chi connectivity index (χ1) is 14.7. The van der Waals surface area contributed by atoms with E-state index in [4.69, 9.17) is 9.57 Å². The molecule has 0 aliphatic rings. The maximum atomic E-state index is 12.5. The molecule has 3 aromatic rings. The zero-order valence-electron chi connectivity index (χ0n) is 16.4. The molecule has 1 aromatic heterocycles. The summed E-state index contributed by atoms with van der Waals surface area (Å²) >= 11 is 0. The highest BCUT2D eigenvalue weighted by Crippen LogP contribution is 2.22. The predicted molar refractivity (Wildman–Crippen MR) is 113 cm³/mol. The van der Waals surface area contributed by atoms with Gasteiger partial charge in [-0.1, -0.05) is 24.3 Å². The van der Waals surface area contributed by atoms with Gasteiger partial charge in [-0.05, 0) is 42.0 Å². The molecule has 0 spiro atoms. The van der Waals surface area contributed by atoms with Crippen molar-refractivity contribution in [1.82, 2.24) is 10.5 Å². The lowest BCUT2D eigenvalue weighted by Gasteiger charge is -2.13. The predicted octanol–water partition coefficient (Wildman–Crippen LogP) is 3.00. The molecule has 0 unspecified atom stereocenters. The zero-order chi connectivity index (χ0) is 21.2. The van der Waals surface area contributed by atoms with Gasteiger partial charge in [-0.2, -0.15) is 0 Å². The maximum absolute atomic E-state index is 12.5. The summed E-state index contributed by atoms with van der Waals surface area (Å²) in [5, 5.41) is 5.88. The number of para-hydroxylation sites is 3. The third kappa shape index (κ3) is 5.79. The van der Waals surface area contributed by atoms with E-state index in [1.54, 1.807) is 54.9 Å². The minimum Gasteiger partial charge on any atom is -0.495 e. The van der Waals surface area contributed by atoms with Gasteiger partial charge in [0.05, 0.1) is 18.4 Å². The number of hydrogen-bond acceptors (Lipinski definition) is 6. The highest BCUT2D eigenvalue weighted by molar-refractivity contribution is 5.99. The van der Waals surface area contributed by atoms with Crippen molar-refractivity contribution in [2.75, 3.05) is 24.4 Å². The van der Waals surface area contributed by atoms with Gasteiger partial charge in [0.2, 0.25) is 0 Å². The fourth-order valence-electron chi connectivity index (χ4n) is 2.69. The van der Waals surface area contributed by atoms with Gasteiger partial charge in [0, 0.05) is 24.6 Å². The standard InChI is InChI=1S/C22H22N4O4/c1-29-20-9-5-4-8-19(20)25-21(27)15-30-26-22(28)17-6-2-3-7-18(17)24-14-16-10-12-23-13-11-16/h2-13,24H,14-15H2,1H3,(H,25,27)(H,26,28). The average Bonchev–Trinajstić information content (AvgIpc) is 2.79. The Morgan fingerprint density at radius 2 is 1.63 bits per heavy atom. The number of ether oxygens (including phenoxy) is 1. The lowest BCUT2D eigenvalue weighted by Crippen LogP contribution is -2.29. The van der Waals surface area contributed by atoms with Gasteiger partial charge in [-0.25, -0.2) is 5.48 Å². The van der Waals surface area contributed by atoms with E-state index in [0.717, 1.165) is 5.56 Å². The van der Waals surface area contributed by atoms with Gasteiger partial charge in [0.25, 0.3) is 11.8 Å². The molecular formula is C22H22N4O4. The number of carbonyl (C=O) groups is 2. The minimum atomic E-state index is -0.460. The molecule has 0 aliphatic heterocycles. The van der Waals surface area contributed by atoms with Crippen molar-refractivity contribution in [2.45, 2.75) is 6.54 Å². The van der Waals surface area contributed by atoms with Crippen molar-refractivity contribution < 1.29 is 19.2 Å². The van der Waals surface area contributed by atoms with Crippen LogP contribution in [0.4, 0.5) is 11.4 Å². The van der Waals surface area contributed by atoms with E-state index in [1.807, 2.05) is 18.2 Å². The molecule has 30 heavy (non-hydrogen) atoms. The van der Waals surface area contributed by atoms with Gasteiger partial charge < -0.3 is 15.4 Å². The minimum absolute atomic E-state index is 0.351. The maximum Gasteiger partial charge on any atom is 0.276 e. The van der Waals surface area contributed by atoms with Crippen LogP contribution in [-0.4, -0.2) is 30.5 Å². The first-order valence-corrected chi connectivity index (χ1v) is 9.24. The molecule has 0 bridgehead atoms. The third-order valence-electron chi connectivity index (χ3n) is 4.15. The van der Waals surface area contributed by atoms with E-state index in [-0.39, 0.29) is 6.61 Å². The Morgan fingerprint density at radius 1 is 0.933 bits per heavy atom. The Labute approximate surface area is 174 Å². The van der Waals surface area contributed by atoms with Gasteiger partial charge >= 0.3 is 0 Å². The molecular weight excluding hydrogens is 384 g/mol. The fraction of sp³-hybridized carbons (Fsp3) is 0.136. The molecule has 0 fully saturated rings. The van der Waals surface area contributed by atoms with Crippen molar-refractivity contribution >= 4 is 23.2 Å². The Bertz CT molecular complexity index is 995. The smallest absolute Gasteiger partial charge is 0.276 e. The van der Waals surface area contributed by atoms with Crippen LogP contribution < -0.4 is 20.9 Å². The molecule has 154 valence electrons. The van der Waals surface area contributed by atoms with Crippen LogP contribution in [0.2, 0.25) is 0 Å². The third-order valence-corrected chi connectivity index (χ3v) is 4.15. The Kier molecular flexibility index (Phi) is 7.34. The summed E-state index contributed by atoms with van der Waals surface area (Å²) in [6.45, 7) is 0.186. The number of nitrogens with one attached hydrogen (secondary N) is 3. The van der Waals surface area contributed by atoms with Crippen molar-refractivity contribution in [3.8, 4) is 5.75 Å². The SMILES string of the molecule is COc1ccccc1NC(=O)CONC(=O)c1ccccc1NCc1ccncc1. The Hall–Kier alpha value is -3.91. The van der Waals surface area contributed by atoms with E-state index in [2.05, 4.69) is 21.1 Å². The number of amides is 2. The van der Waals surface area contributed by atoms with Crippen LogP contribution in [0.3, 0.4) is 0 Å². The lowest BCUT2D eigenvalue weighted by atomic mass is 10.1. The summed E-state index contributed by atoms with van der Waals surface area (Å²) in [5.41, 5.74) is 4.90. The number of anilines is 2. The van der Waals surface area contributed by atoms with Crippen molar-refractivity contribution in [2.24, 2.45) is 0 Å². The Balaban J connectivity index is 1.52. The molecule has 0 saturated heterocycles. The quantitative estimate of drug-likeness (QED) is 0.472. The van der Waals surface area contributed by atoms with E-state index >= 15 is 0 Å². The molecule has 0 atom stereocenters. The van der Waals surface area contributed by atoms with E-state index < -0.39 is 11.8 Å². The number of carbonyl (C=O) groups excluding carboxylic acids is 2. The van der Waals surface area contributed by atoms with Gasteiger partial charge in [-0.3, -0.25) is 19.4 Å². The van der Waals surface area contributed by atoms with Crippen LogP contribution in [0.5, 0.6) is 5.75 Å². The number of hydroxylamine groups is 1. The number of rotatable bonds is 9. The summed E-state index contributed by atoms with van der Waals surface area (Å²) in [5.74, 6) is -0.356. The van der Waals surface area contributed by atoms with Crippen LogP contribution >= 0.6 is 0 Å². The van der Waals surface area contributed by atoms with Crippen LogP contribution in [0.1, 0.15) is 15.9 Å². The molecule has 3 N–H and O–H groups in total. The number of benzene rings is 2. The molecule has 0 saturated carbocycles. The van der Waals surface area contributed by atoms with Gasteiger partial charge in [0.15, 0.2) is 6.61 Å². The second kappa shape index (κ2) is 10.6. The first kappa shape index (κ1) is 20.8. The first-order valence-electron chi connectivity index (χ1n) is 9.24. The molecule has 3 rings (SSSR count). The van der Waals surface area contributed by atoms with E-state index in [9.17, 15) is 9.59 Å². The van der Waals surface area contributed by atoms with E-state index in [1.165, 1.54) is 7.11 Å². The molecule has 2 amide bonds. The summed E-state index contributed by atoms with van der Waals surface area (Å²) in [6.07, 6.45) is 3.42. The number of methoxy groups -OCH3 is 1. The molecule has 0 aliphatic carbocycles. The largest absolute Gasteiger partial charge is 0.495 e. The number of hydrogen-bond donors (Lipinski definition) is 3. The van der Waals surface area contributed by atoms with Crippen molar-refractivity contribution in [3.63, 3.8) is 0 Å². The average molecular weight is 406 g/mol. The summed E-state index contributed by atoms with van der Waals surface area (Å²) in [4.78, 5) is 33.6. The topological polar surface area (TPSA) is 102 Å². The number of aromatic nitrogens is 1. The van der Waals surface area contributed by atoms with E-state index in [0.29, 0.717) is 29.2 Å². The monoisotopic (exact) mass is 406 g/mol. The Morgan fingerprint density at radius 3 is 2.40 bits per heavy atom. The molecule has 2 aromatic carbocycles. The second-order valence-electron chi connectivity index (χ2n) is 6.22. The van der Waals surface area contributed by atoms with Crippen LogP contribution in [0.25, 0.3) is 0 Å². The molecule has 8 heteroatoms.